The van der Waals surface area contributed by atoms with Crippen LogP contribution in [0.1, 0.15) is 18.1 Å². The van der Waals surface area contributed by atoms with Gasteiger partial charge in [-0.05, 0) is 46.5 Å². The highest BCUT2D eigenvalue weighted by Crippen LogP contribution is 2.28. The predicted molar refractivity (Wildman–Crippen MR) is 75.8 cm³/mol. The van der Waals surface area contributed by atoms with Crippen molar-refractivity contribution >= 4 is 15.9 Å². The molecule has 1 unspecified atom stereocenters. The maximum atomic E-state index is 13.5. The van der Waals surface area contributed by atoms with Crippen LogP contribution < -0.4 is 5.73 Å². The Balaban J connectivity index is 2.31. The van der Waals surface area contributed by atoms with E-state index in [0.29, 0.717) is 10.9 Å². The van der Waals surface area contributed by atoms with Gasteiger partial charge < -0.3 is 5.73 Å². The minimum Gasteiger partial charge on any atom is -0.321 e. The average Bonchev–Trinajstić information content (AvgIpc) is 2.36. The van der Waals surface area contributed by atoms with Crippen molar-refractivity contribution in [1.29, 1.82) is 0 Å². The Morgan fingerprint density at radius 2 is 1.78 bits per heavy atom. The largest absolute Gasteiger partial charge is 0.321 e. The molecule has 0 saturated carbocycles. The van der Waals surface area contributed by atoms with Crippen molar-refractivity contribution < 1.29 is 4.39 Å². The highest BCUT2D eigenvalue weighted by atomic mass is 79.9. The number of benzene rings is 2. The predicted octanol–water partition coefficient (Wildman–Crippen LogP) is 4.00. The first-order chi connectivity index (χ1) is 8.50. The molecule has 0 fully saturated rings. The van der Waals surface area contributed by atoms with E-state index in [1.165, 1.54) is 6.07 Å². The lowest BCUT2D eigenvalue weighted by molar-refractivity contribution is 0.488. The van der Waals surface area contributed by atoms with Gasteiger partial charge in [0.2, 0.25) is 0 Å². The molecular weight excluding hydrogens is 293 g/mol. The summed E-state index contributed by atoms with van der Waals surface area (Å²) in [7, 11) is 0. The van der Waals surface area contributed by atoms with E-state index in [1.807, 2.05) is 43.3 Å². The van der Waals surface area contributed by atoms with Gasteiger partial charge >= 0.3 is 0 Å². The molecule has 2 rings (SSSR count). The fourth-order valence-corrected chi connectivity index (χ4v) is 2.41. The zero-order valence-electron chi connectivity index (χ0n) is 10.2. The molecule has 0 saturated heterocycles. The molecule has 3 heteroatoms. The van der Waals surface area contributed by atoms with Crippen molar-refractivity contribution in [3.8, 4) is 0 Å². The second-order valence-corrected chi connectivity index (χ2v) is 5.47. The standard InChI is InChI=1S/C15H15BrFN/c1-15(18,12-7-3-2-4-8-12)10-11-6-5-9-13(17)14(11)16/h2-9H,10,18H2,1H3. The zero-order chi connectivity index (χ0) is 13.2. The summed E-state index contributed by atoms with van der Waals surface area (Å²) in [5.74, 6) is -0.253. The first-order valence-electron chi connectivity index (χ1n) is 5.78. The quantitative estimate of drug-likeness (QED) is 0.911. The molecule has 0 aliphatic heterocycles. The van der Waals surface area contributed by atoms with Crippen molar-refractivity contribution in [2.24, 2.45) is 5.73 Å². The first kappa shape index (κ1) is 13.2. The Hall–Kier alpha value is -1.19. The molecule has 18 heavy (non-hydrogen) atoms. The van der Waals surface area contributed by atoms with Crippen LogP contribution in [0, 0.1) is 5.82 Å². The molecule has 0 spiro atoms. The van der Waals surface area contributed by atoms with Gasteiger partial charge in [0.15, 0.2) is 0 Å². The summed E-state index contributed by atoms with van der Waals surface area (Å²) in [6.45, 7) is 1.96. The SMILES string of the molecule is CC(N)(Cc1cccc(F)c1Br)c1ccccc1. The number of halogens is 2. The van der Waals surface area contributed by atoms with E-state index in [0.717, 1.165) is 11.1 Å². The molecule has 94 valence electrons. The third-order valence-corrected chi connectivity index (χ3v) is 3.91. The lowest BCUT2D eigenvalue weighted by atomic mass is 9.87. The number of hydrogen-bond acceptors (Lipinski definition) is 1. The molecule has 0 radical (unpaired) electrons. The van der Waals surface area contributed by atoms with Crippen LogP contribution in [-0.4, -0.2) is 0 Å². The smallest absolute Gasteiger partial charge is 0.137 e. The number of rotatable bonds is 3. The lowest BCUT2D eigenvalue weighted by Crippen LogP contribution is -2.35. The van der Waals surface area contributed by atoms with Crippen LogP contribution in [0.3, 0.4) is 0 Å². The molecule has 0 aromatic heterocycles. The summed E-state index contributed by atoms with van der Waals surface area (Å²) in [5, 5.41) is 0. The minimum absolute atomic E-state index is 0.253. The maximum absolute atomic E-state index is 13.5. The number of nitrogens with two attached hydrogens (primary N) is 1. The monoisotopic (exact) mass is 307 g/mol. The van der Waals surface area contributed by atoms with Gasteiger partial charge in [-0.1, -0.05) is 42.5 Å². The summed E-state index contributed by atoms with van der Waals surface area (Å²) in [6.07, 6.45) is 0.579. The highest BCUT2D eigenvalue weighted by Gasteiger charge is 2.23. The summed E-state index contributed by atoms with van der Waals surface area (Å²) in [5.41, 5.74) is 7.75. The number of hydrogen-bond donors (Lipinski definition) is 1. The molecule has 2 aromatic carbocycles. The van der Waals surface area contributed by atoms with Gasteiger partial charge in [-0.3, -0.25) is 0 Å². The first-order valence-corrected chi connectivity index (χ1v) is 6.57. The van der Waals surface area contributed by atoms with E-state index in [2.05, 4.69) is 15.9 Å². The molecule has 0 aliphatic carbocycles. The molecule has 0 bridgehead atoms. The fourth-order valence-electron chi connectivity index (χ4n) is 2.00. The van der Waals surface area contributed by atoms with E-state index >= 15 is 0 Å². The van der Waals surface area contributed by atoms with Gasteiger partial charge in [0.25, 0.3) is 0 Å². The van der Waals surface area contributed by atoms with Crippen molar-refractivity contribution in [1.82, 2.24) is 0 Å². The molecule has 2 N–H and O–H groups in total. The zero-order valence-corrected chi connectivity index (χ0v) is 11.7. The Bertz CT molecular complexity index is 537. The summed E-state index contributed by atoms with van der Waals surface area (Å²) >= 11 is 3.27. The van der Waals surface area contributed by atoms with Gasteiger partial charge in [-0.15, -0.1) is 0 Å². The van der Waals surface area contributed by atoms with Crippen LogP contribution in [0.5, 0.6) is 0 Å². The van der Waals surface area contributed by atoms with E-state index in [1.54, 1.807) is 6.07 Å². The Morgan fingerprint density at radius 3 is 2.44 bits per heavy atom. The second-order valence-electron chi connectivity index (χ2n) is 4.67. The maximum Gasteiger partial charge on any atom is 0.137 e. The molecule has 0 heterocycles. The topological polar surface area (TPSA) is 26.0 Å². The van der Waals surface area contributed by atoms with Gasteiger partial charge in [-0.25, -0.2) is 4.39 Å². The molecule has 0 aliphatic rings. The van der Waals surface area contributed by atoms with Gasteiger partial charge in [0.1, 0.15) is 5.82 Å². The highest BCUT2D eigenvalue weighted by molar-refractivity contribution is 9.10. The van der Waals surface area contributed by atoms with E-state index < -0.39 is 5.54 Å². The third kappa shape index (κ3) is 2.79. The molecule has 0 amide bonds. The van der Waals surface area contributed by atoms with Crippen molar-refractivity contribution in [3.63, 3.8) is 0 Å². The van der Waals surface area contributed by atoms with E-state index in [9.17, 15) is 4.39 Å². The van der Waals surface area contributed by atoms with Gasteiger partial charge in [-0.2, -0.15) is 0 Å². The van der Waals surface area contributed by atoms with Crippen molar-refractivity contribution in [2.45, 2.75) is 18.9 Å². The van der Waals surface area contributed by atoms with Gasteiger partial charge in [0.05, 0.1) is 4.47 Å². The summed E-state index contributed by atoms with van der Waals surface area (Å²) in [6, 6.07) is 14.9. The molecule has 2 aromatic rings. The van der Waals surface area contributed by atoms with Gasteiger partial charge in [0, 0.05) is 5.54 Å². The second kappa shape index (κ2) is 5.21. The lowest BCUT2D eigenvalue weighted by Gasteiger charge is -2.26. The van der Waals surface area contributed by atoms with Crippen LogP contribution in [0.25, 0.3) is 0 Å². The van der Waals surface area contributed by atoms with Crippen LogP contribution in [0.15, 0.2) is 53.0 Å². The Labute approximate surface area is 115 Å². The molecule has 1 nitrogen and oxygen atoms in total. The Morgan fingerprint density at radius 1 is 1.11 bits per heavy atom. The summed E-state index contributed by atoms with van der Waals surface area (Å²) < 4.78 is 14.0. The van der Waals surface area contributed by atoms with E-state index in [-0.39, 0.29) is 5.82 Å². The van der Waals surface area contributed by atoms with Crippen LogP contribution >= 0.6 is 15.9 Å². The van der Waals surface area contributed by atoms with Crippen molar-refractivity contribution in [3.05, 3.63) is 69.9 Å². The molecular formula is C15H15BrFN. The molecule has 1 atom stereocenters. The fraction of sp³-hybridized carbons (Fsp3) is 0.200. The Kier molecular flexibility index (Phi) is 3.83. The van der Waals surface area contributed by atoms with E-state index in [4.69, 9.17) is 5.73 Å². The third-order valence-electron chi connectivity index (χ3n) is 3.02. The average molecular weight is 308 g/mol. The van der Waals surface area contributed by atoms with Crippen LogP contribution in [-0.2, 0) is 12.0 Å². The van der Waals surface area contributed by atoms with Crippen molar-refractivity contribution in [2.75, 3.05) is 0 Å². The minimum atomic E-state index is -0.516. The normalized spacial score (nSPS) is 14.2. The van der Waals surface area contributed by atoms with Crippen LogP contribution in [0.2, 0.25) is 0 Å². The van der Waals surface area contributed by atoms with Crippen LogP contribution in [0.4, 0.5) is 4.39 Å². The summed E-state index contributed by atoms with van der Waals surface area (Å²) in [4.78, 5) is 0.